The van der Waals surface area contributed by atoms with Crippen LogP contribution in [-0.2, 0) is 11.2 Å². The van der Waals surface area contributed by atoms with E-state index in [9.17, 15) is 4.79 Å². The second-order valence-electron chi connectivity index (χ2n) is 5.75. The van der Waals surface area contributed by atoms with Crippen molar-refractivity contribution < 1.29 is 13.6 Å². The van der Waals surface area contributed by atoms with E-state index in [-0.39, 0.29) is 18.4 Å². The Kier molecular flexibility index (Phi) is 4.02. The van der Waals surface area contributed by atoms with Crippen LogP contribution in [0.2, 0.25) is 0 Å². The van der Waals surface area contributed by atoms with Gasteiger partial charge in [0, 0.05) is 25.2 Å². The van der Waals surface area contributed by atoms with Crippen LogP contribution in [0.3, 0.4) is 0 Å². The fourth-order valence-corrected chi connectivity index (χ4v) is 2.75. The molecule has 0 aliphatic carbocycles. The third-order valence-corrected chi connectivity index (χ3v) is 4.30. The zero-order valence-corrected chi connectivity index (χ0v) is 13.1. The van der Waals surface area contributed by atoms with Crippen LogP contribution < -0.4 is 5.32 Å². The molecule has 3 rings (SSSR count). The maximum absolute atomic E-state index is 12.6. The van der Waals surface area contributed by atoms with E-state index in [0.29, 0.717) is 29.1 Å². The summed E-state index contributed by atoms with van der Waals surface area (Å²) >= 11 is 0. The fraction of sp³-hybridized carbons (Fsp3) is 0.500. The second kappa shape index (κ2) is 5.96. The molecular weight excluding hydrogens is 282 g/mol. The van der Waals surface area contributed by atoms with Crippen molar-refractivity contribution in [3.05, 3.63) is 29.9 Å². The van der Waals surface area contributed by atoms with Gasteiger partial charge in [0.1, 0.15) is 5.76 Å². The molecule has 3 heterocycles. The third-order valence-electron chi connectivity index (χ3n) is 4.30. The predicted octanol–water partition coefficient (Wildman–Crippen LogP) is 1.99. The molecule has 2 aromatic heterocycles. The molecule has 1 aliphatic heterocycles. The molecule has 2 unspecified atom stereocenters. The highest BCUT2D eigenvalue weighted by atomic mass is 16.4. The first kappa shape index (κ1) is 14.8. The summed E-state index contributed by atoms with van der Waals surface area (Å²) in [4.78, 5) is 18.9. The number of amides is 1. The lowest BCUT2D eigenvalue weighted by Gasteiger charge is -2.38. The van der Waals surface area contributed by atoms with Crippen molar-refractivity contribution in [3.63, 3.8) is 0 Å². The van der Waals surface area contributed by atoms with E-state index in [2.05, 4.69) is 24.1 Å². The van der Waals surface area contributed by atoms with Gasteiger partial charge in [0.05, 0.1) is 18.4 Å². The van der Waals surface area contributed by atoms with E-state index in [1.807, 2.05) is 11.8 Å². The molecule has 0 radical (unpaired) electrons. The van der Waals surface area contributed by atoms with Crippen LogP contribution in [0.4, 0.5) is 0 Å². The number of furan rings is 1. The molecular formula is C16H21N3O3. The molecule has 6 heteroatoms. The second-order valence-corrected chi connectivity index (χ2v) is 5.75. The zero-order valence-electron chi connectivity index (χ0n) is 13.1. The molecule has 1 N–H and O–H groups in total. The number of hydrogen-bond donors (Lipinski definition) is 1. The number of carbonyl (C=O) groups excluding carboxylic acids is 1. The number of piperazine rings is 1. The molecule has 0 bridgehead atoms. The van der Waals surface area contributed by atoms with Crippen molar-refractivity contribution in [1.29, 1.82) is 0 Å². The van der Waals surface area contributed by atoms with Crippen molar-refractivity contribution in [3.8, 4) is 11.7 Å². The van der Waals surface area contributed by atoms with E-state index in [1.165, 1.54) is 0 Å². The normalized spacial score (nSPS) is 22.0. The minimum atomic E-state index is 0.0863. The van der Waals surface area contributed by atoms with Gasteiger partial charge < -0.3 is 19.1 Å². The molecule has 0 spiro atoms. The Labute approximate surface area is 129 Å². The first-order valence-electron chi connectivity index (χ1n) is 7.59. The zero-order chi connectivity index (χ0) is 15.7. The van der Waals surface area contributed by atoms with Crippen molar-refractivity contribution >= 4 is 5.91 Å². The maximum Gasteiger partial charge on any atom is 0.263 e. The summed E-state index contributed by atoms with van der Waals surface area (Å²) in [5, 5.41) is 3.37. The number of rotatable bonds is 3. The van der Waals surface area contributed by atoms with Crippen LogP contribution in [0.15, 0.2) is 27.2 Å². The number of carbonyl (C=O) groups is 1. The van der Waals surface area contributed by atoms with Gasteiger partial charge in [-0.2, -0.15) is 0 Å². The molecule has 0 saturated carbocycles. The van der Waals surface area contributed by atoms with Gasteiger partial charge in [0.2, 0.25) is 5.91 Å². The van der Waals surface area contributed by atoms with Gasteiger partial charge in [-0.3, -0.25) is 4.79 Å². The predicted molar refractivity (Wildman–Crippen MR) is 81.3 cm³/mol. The topological polar surface area (TPSA) is 71.5 Å². The van der Waals surface area contributed by atoms with E-state index in [1.54, 1.807) is 18.4 Å². The van der Waals surface area contributed by atoms with Gasteiger partial charge in [-0.1, -0.05) is 0 Å². The molecule has 2 aromatic rings. The van der Waals surface area contributed by atoms with Gasteiger partial charge in [0.15, 0.2) is 5.76 Å². The average molecular weight is 303 g/mol. The molecule has 1 amide bonds. The smallest absolute Gasteiger partial charge is 0.263 e. The Morgan fingerprint density at radius 3 is 3.05 bits per heavy atom. The number of nitrogens with zero attached hydrogens (tertiary/aromatic N) is 2. The van der Waals surface area contributed by atoms with Crippen molar-refractivity contribution in [2.75, 3.05) is 13.1 Å². The molecule has 1 aliphatic rings. The standard InChI is InChI=1S/C16H21N3O3/c1-10-11(2)19(7-6-17-10)15(20)9-13-12(3)22-16(18-13)14-5-4-8-21-14/h4-5,8,10-11,17H,6-7,9H2,1-3H3. The number of hydrogen-bond acceptors (Lipinski definition) is 5. The lowest BCUT2D eigenvalue weighted by molar-refractivity contribution is -0.134. The lowest BCUT2D eigenvalue weighted by atomic mass is 10.1. The summed E-state index contributed by atoms with van der Waals surface area (Å²) in [7, 11) is 0. The van der Waals surface area contributed by atoms with E-state index in [4.69, 9.17) is 8.83 Å². The minimum Gasteiger partial charge on any atom is -0.459 e. The van der Waals surface area contributed by atoms with Crippen LogP contribution in [0.25, 0.3) is 11.7 Å². The molecule has 6 nitrogen and oxygen atoms in total. The summed E-state index contributed by atoms with van der Waals surface area (Å²) in [5.74, 6) is 1.75. The molecule has 118 valence electrons. The van der Waals surface area contributed by atoms with E-state index in [0.717, 1.165) is 13.1 Å². The Morgan fingerprint density at radius 2 is 2.32 bits per heavy atom. The summed E-state index contributed by atoms with van der Waals surface area (Å²) in [6.07, 6.45) is 1.83. The first-order valence-corrected chi connectivity index (χ1v) is 7.59. The summed E-state index contributed by atoms with van der Waals surface area (Å²) in [6.45, 7) is 7.55. The molecule has 2 atom stereocenters. The minimum absolute atomic E-state index is 0.0863. The van der Waals surface area contributed by atoms with Crippen LogP contribution in [0.1, 0.15) is 25.3 Å². The van der Waals surface area contributed by atoms with Crippen molar-refractivity contribution in [1.82, 2.24) is 15.2 Å². The quantitative estimate of drug-likeness (QED) is 0.939. The Bertz CT molecular complexity index is 648. The van der Waals surface area contributed by atoms with Crippen LogP contribution in [0.5, 0.6) is 0 Å². The van der Waals surface area contributed by atoms with E-state index < -0.39 is 0 Å². The van der Waals surface area contributed by atoms with Gasteiger partial charge in [-0.25, -0.2) is 4.98 Å². The Hall–Kier alpha value is -2.08. The summed E-state index contributed by atoms with van der Waals surface area (Å²) < 4.78 is 10.9. The fourth-order valence-electron chi connectivity index (χ4n) is 2.75. The van der Waals surface area contributed by atoms with Crippen molar-refractivity contribution in [2.45, 2.75) is 39.3 Å². The average Bonchev–Trinajstić information content (AvgIpc) is 3.12. The van der Waals surface area contributed by atoms with Gasteiger partial charge in [-0.15, -0.1) is 0 Å². The van der Waals surface area contributed by atoms with Gasteiger partial charge in [0.25, 0.3) is 5.89 Å². The first-order chi connectivity index (χ1) is 10.6. The number of aryl methyl sites for hydroxylation is 1. The highest BCUT2D eigenvalue weighted by Crippen LogP contribution is 2.23. The Morgan fingerprint density at radius 1 is 1.50 bits per heavy atom. The van der Waals surface area contributed by atoms with E-state index >= 15 is 0 Å². The van der Waals surface area contributed by atoms with Crippen molar-refractivity contribution in [2.24, 2.45) is 0 Å². The molecule has 1 saturated heterocycles. The monoisotopic (exact) mass is 303 g/mol. The molecule has 22 heavy (non-hydrogen) atoms. The summed E-state index contributed by atoms with van der Waals surface area (Å²) in [6, 6.07) is 4.05. The highest BCUT2D eigenvalue weighted by Gasteiger charge is 2.29. The number of aromatic nitrogens is 1. The van der Waals surface area contributed by atoms with Gasteiger partial charge >= 0.3 is 0 Å². The molecule has 1 fully saturated rings. The number of nitrogens with one attached hydrogen (secondary N) is 1. The van der Waals surface area contributed by atoms with Crippen LogP contribution in [-0.4, -0.2) is 41.0 Å². The SMILES string of the molecule is Cc1oc(-c2ccco2)nc1CC(=O)N1CCNC(C)C1C. The maximum atomic E-state index is 12.6. The van der Waals surface area contributed by atoms with Gasteiger partial charge in [-0.05, 0) is 32.9 Å². The number of oxazole rings is 1. The summed E-state index contributed by atoms with van der Waals surface area (Å²) in [5.41, 5.74) is 0.676. The molecule has 0 aromatic carbocycles. The highest BCUT2D eigenvalue weighted by molar-refractivity contribution is 5.79. The Balaban J connectivity index is 1.74. The lowest BCUT2D eigenvalue weighted by Crippen LogP contribution is -2.57. The van der Waals surface area contributed by atoms with Crippen LogP contribution >= 0.6 is 0 Å². The largest absolute Gasteiger partial charge is 0.459 e. The third kappa shape index (κ3) is 2.78. The van der Waals surface area contributed by atoms with Crippen LogP contribution in [0, 0.1) is 6.92 Å².